The largest absolute Gasteiger partial charge is 0.494 e. The molecule has 120 valence electrons. The fourth-order valence-corrected chi connectivity index (χ4v) is 2.75. The van der Waals surface area contributed by atoms with Gasteiger partial charge in [0.05, 0.1) is 12.7 Å². The van der Waals surface area contributed by atoms with Gasteiger partial charge >= 0.3 is 0 Å². The summed E-state index contributed by atoms with van der Waals surface area (Å²) in [6.45, 7) is 6.34. The molecule has 4 heteroatoms. The van der Waals surface area contributed by atoms with Crippen LogP contribution in [0.5, 0.6) is 5.75 Å². The molecule has 0 aliphatic carbocycles. The number of unbranched alkanes of at least 4 members (excludes halogenated alkanes) is 1. The molecule has 1 saturated heterocycles. The lowest BCUT2D eigenvalue weighted by atomic mass is 10.2. The van der Waals surface area contributed by atoms with Gasteiger partial charge in [0.15, 0.2) is 0 Å². The average molecular weight is 301 g/mol. The molecule has 1 fully saturated rings. The number of hydrogen-bond acceptors (Lipinski definition) is 4. The lowest BCUT2D eigenvalue weighted by Crippen LogP contribution is -2.24. The van der Waals surface area contributed by atoms with Crippen LogP contribution in [0.15, 0.2) is 24.3 Å². The zero-order chi connectivity index (χ0) is 15.5. The van der Waals surface area contributed by atoms with Gasteiger partial charge in [0.1, 0.15) is 5.75 Å². The van der Waals surface area contributed by atoms with Crippen molar-refractivity contribution in [3.05, 3.63) is 29.8 Å². The molecule has 0 amide bonds. The summed E-state index contributed by atoms with van der Waals surface area (Å²) >= 11 is 0. The maximum absolute atomic E-state index is 8.50. The van der Waals surface area contributed by atoms with E-state index in [2.05, 4.69) is 28.4 Å². The highest BCUT2D eigenvalue weighted by Crippen LogP contribution is 2.13. The van der Waals surface area contributed by atoms with Gasteiger partial charge in [-0.1, -0.05) is 12.1 Å². The van der Waals surface area contributed by atoms with Gasteiger partial charge in [0.25, 0.3) is 0 Å². The first-order valence-electron chi connectivity index (χ1n) is 8.40. The fourth-order valence-electron chi connectivity index (χ4n) is 2.75. The minimum atomic E-state index is 0.554. The number of rotatable bonds is 10. The number of hydrogen-bond donors (Lipinski definition) is 1. The highest BCUT2D eigenvalue weighted by atomic mass is 16.5. The Bertz CT molecular complexity index is 464. The van der Waals surface area contributed by atoms with Crippen molar-refractivity contribution in [3.8, 4) is 11.8 Å². The van der Waals surface area contributed by atoms with Crippen LogP contribution >= 0.6 is 0 Å². The van der Waals surface area contributed by atoms with Gasteiger partial charge in [-0.3, -0.25) is 0 Å². The maximum Gasteiger partial charge on any atom is 0.119 e. The average Bonchev–Trinajstić information content (AvgIpc) is 3.05. The quantitative estimate of drug-likeness (QED) is 0.675. The summed E-state index contributed by atoms with van der Waals surface area (Å²) in [5.74, 6) is 0.898. The molecule has 1 aliphatic rings. The molecule has 22 heavy (non-hydrogen) atoms. The Labute approximate surface area is 134 Å². The van der Waals surface area contributed by atoms with Crippen LogP contribution in [0.4, 0.5) is 0 Å². The molecule has 1 aromatic rings. The van der Waals surface area contributed by atoms with Crippen molar-refractivity contribution in [3.63, 3.8) is 0 Å². The summed E-state index contributed by atoms with van der Waals surface area (Å²) in [5.41, 5.74) is 1.25. The molecule has 1 aliphatic heterocycles. The summed E-state index contributed by atoms with van der Waals surface area (Å²) in [6.07, 6.45) is 5.29. The molecule has 2 rings (SSSR count). The molecule has 0 radical (unpaired) electrons. The Hall–Kier alpha value is -1.57. The van der Waals surface area contributed by atoms with Crippen molar-refractivity contribution in [2.75, 3.05) is 32.8 Å². The molecule has 4 nitrogen and oxygen atoms in total. The van der Waals surface area contributed by atoms with Crippen LogP contribution < -0.4 is 10.1 Å². The van der Waals surface area contributed by atoms with Gasteiger partial charge in [0, 0.05) is 13.0 Å². The molecule has 0 saturated carbocycles. The van der Waals surface area contributed by atoms with Crippen LogP contribution in [-0.2, 0) is 6.54 Å². The number of ether oxygens (including phenoxy) is 1. The maximum atomic E-state index is 8.50. The summed E-state index contributed by atoms with van der Waals surface area (Å²) < 4.78 is 5.66. The minimum absolute atomic E-state index is 0.554. The van der Waals surface area contributed by atoms with E-state index in [9.17, 15) is 0 Å². The predicted octanol–water partition coefficient (Wildman–Crippen LogP) is 2.94. The number of nitrogens with zero attached hydrogens (tertiary/aromatic N) is 2. The van der Waals surface area contributed by atoms with Gasteiger partial charge < -0.3 is 15.0 Å². The second-order valence-electron chi connectivity index (χ2n) is 5.84. The summed E-state index contributed by atoms with van der Waals surface area (Å²) in [5, 5.41) is 12.0. The van der Waals surface area contributed by atoms with Crippen LogP contribution in [-0.4, -0.2) is 37.7 Å². The number of benzene rings is 1. The van der Waals surface area contributed by atoms with E-state index in [-0.39, 0.29) is 0 Å². The monoisotopic (exact) mass is 301 g/mol. The van der Waals surface area contributed by atoms with Gasteiger partial charge in [-0.2, -0.15) is 5.26 Å². The summed E-state index contributed by atoms with van der Waals surface area (Å²) in [4.78, 5) is 2.55. The van der Waals surface area contributed by atoms with Crippen LogP contribution in [0, 0.1) is 11.3 Å². The smallest absolute Gasteiger partial charge is 0.119 e. The highest BCUT2D eigenvalue weighted by molar-refractivity contribution is 5.28. The molecule has 0 aromatic heterocycles. The summed E-state index contributed by atoms with van der Waals surface area (Å²) in [6, 6.07) is 10.3. The third kappa shape index (κ3) is 6.46. The predicted molar refractivity (Wildman–Crippen MR) is 88.8 cm³/mol. The molecular weight excluding hydrogens is 274 g/mol. The number of nitrogens with one attached hydrogen (secondary N) is 1. The number of nitriles is 1. The van der Waals surface area contributed by atoms with Crippen molar-refractivity contribution in [1.82, 2.24) is 10.2 Å². The minimum Gasteiger partial charge on any atom is -0.494 e. The van der Waals surface area contributed by atoms with Gasteiger partial charge in [-0.25, -0.2) is 0 Å². The Morgan fingerprint density at radius 2 is 2.09 bits per heavy atom. The third-order valence-electron chi connectivity index (χ3n) is 3.96. The van der Waals surface area contributed by atoms with E-state index in [4.69, 9.17) is 10.00 Å². The summed E-state index contributed by atoms with van der Waals surface area (Å²) in [7, 11) is 0. The molecule has 0 atom stereocenters. The van der Waals surface area contributed by atoms with Crippen LogP contribution in [0.1, 0.15) is 37.7 Å². The van der Waals surface area contributed by atoms with Gasteiger partial charge in [-0.05, 0) is 69.6 Å². The van der Waals surface area contributed by atoms with E-state index < -0.39 is 0 Å². The van der Waals surface area contributed by atoms with Crippen molar-refractivity contribution in [1.29, 1.82) is 5.26 Å². The first kappa shape index (κ1) is 16.8. The zero-order valence-electron chi connectivity index (χ0n) is 13.4. The number of likely N-dealkylation sites (tertiary alicyclic amines) is 1. The van der Waals surface area contributed by atoms with E-state index >= 15 is 0 Å². The van der Waals surface area contributed by atoms with Crippen molar-refractivity contribution >= 4 is 0 Å². The van der Waals surface area contributed by atoms with E-state index in [1.807, 2.05) is 12.1 Å². The zero-order valence-corrected chi connectivity index (χ0v) is 13.4. The van der Waals surface area contributed by atoms with Crippen molar-refractivity contribution in [2.45, 2.75) is 38.6 Å². The Balaban J connectivity index is 1.59. The Kier molecular flexibility index (Phi) is 7.79. The second kappa shape index (κ2) is 10.2. The molecule has 0 bridgehead atoms. The van der Waals surface area contributed by atoms with E-state index in [0.29, 0.717) is 13.0 Å². The molecule has 0 spiro atoms. The lowest BCUT2D eigenvalue weighted by Gasteiger charge is -2.14. The second-order valence-corrected chi connectivity index (χ2v) is 5.84. The van der Waals surface area contributed by atoms with Crippen LogP contribution in [0.25, 0.3) is 0 Å². The van der Waals surface area contributed by atoms with Crippen molar-refractivity contribution < 1.29 is 4.74 Å². The normalized spacial score (nSPS) is 14.9. The molecule has 1 N–H and O–H groups in total. The first-order valence-corrected chi connectivity index (χ1v) is 8.40. The molecule has 1 aromatic carbocycles. The first-order chi connectivity index (χ1) is 10.9. The molecular formula is C18H27N3O. The SMILES string of the molecule is N#CCCCOc1cccc(CNCCCN2CCCC2)c1. The van der Waals surface area contributed by atoms with Crippen LogP contribution in [0.2, 0.25) is 0 Å². The van der Waals surface area contributed by atoms with E-state index in [0.717, 1.165) is 25.3 Å². The highest BCUT2D eigenvalue weighted by Gasteiger charge is 2.09. The van der Waals surface area contributed by atoms with Crippen molar-refractivity contribution in [2.24, 2.45) is 0 Å². The topological polar surface area (TPSA) is 48.3 Å². The fraction of sp³-hybridized carbons (Fsp3) is 0.611. The standard InChI is InChI=1S/C18H27N3O/c19-9-1-4-14-22-18-8-5-7-17(15-18)16-20-10-6-13-21-11-2-3-12-21/h5,7-8,15,20H,1-4,6,10-14,16H2. The lowest BCUT2D eigenvalue weighted by molar-refractivity contribution is 0.312. The van der Waals surface area contributed by atoms with E-state index in [1.165, 1.54) is 44.5 Å². The Morgan fingerprint density at radius 1 is 1.23 bits per heavy atom. The molecule has 1 heterocycles. The van der Waals surface area contributed by atoms with Gasteiger partial charge in [-0.15, -0.1) is 0 Å². The van der Waals surface area contributed by atoms with Crippen LogP contribution in [0.3, 0.4) is 0 Å². The van der Waals surface area contributed by atoms with E-state index in [1.54, 1.807) is 0 Å². The third-order valence-corrected chi connectivity index (χ3v) is 3.96. The van der Waals surface area contributed by atoms with Gasteiger partial charge in [0.2, 0.25) is 0 Å². The molecule has 0 unspecified atom stereocenters. The Morgan fingerprint density at radius 3 is 2.91 bits per heavy atom.